The molecule has 3 heterocycles. The number of hydrogen-bond acceptors (Lipinski definition) is 5. The molecule has 0 spiro atoms. The van der Waals surface area contributed by atoms with Gasteiger partial charge in [-0.15, -0.1) is 0 Å². The van der Waals surface area contributed by atoms with Gasteiger partial charge in [0.25, 0.3) is 0 Å². The molecule has 196 valence electrons. The number of nitrogens with one attached hydrogen (secondary N) is 2. The van der Waals surface area contributed by atoms with E-state index in [1.165, 1.54) is 23.9 Å². The van der Waals surface area contributed by atoms with Crippen LogP contribution in [0.3, 0.4) is 0 Å². The van der Waals surface area contributed by atoms with Crippen LogP contribution in [0.1, 0.15) is 49.7 Å². The van der Waals surface area contributed by atoms with Crippen molar-refractivity contribution in [2.45, 2.75) is 38.4 Å². The van der Waals surface area contributed by atoms with E-state index in [2.05, 4.69) is 77.5 Å². The third kappa shape index (κ3) is 4.77. The highest BCUT2D eigenvalue weighted by Gasteiger charge is 2.41. The molecule has 2 N–H and O–H groups in total. The van der Waals surface area contributed by atoms with Gasteiger partial charge in [0.05, 0.1) is 23.3 Å². The van der Waals surface area contributed by atoms with E-state index in [4.69, 9.17) is 17.0 Å². The first kappa shape index (κ1) is 25.9. The second-order valence-corrected chi connectivity index (χ2v) is 10.7. The quantitative estimate of drug-likeness (QED) is 0.412. The van der Waals surface area contributed by atoms with Crippen LogP contribution in [-0.2, 0) is 9.53 Å². The summed E-state index contributed by atoms with van der Waals surface area (Å²) >= 11 is 5.89. The Labute approximate surface area is 229 Å². The Morgan fingerprint density at radius 1 is 1.16 bits per heavy atom. The first-order valence-corrected chi connectivity index (χ1v) is 13.1. The van der Waals surface area contributed by atoms with Gasteiger partial charge in [0.1, 0.15) is 6.61 Å². The smallest absolute Gasteiger partial charge is 0.250 e. The number of thiocarbonyl (C=S) groups is 1. The predicted octanol–water partition coefficient (Wildman–Crippen LogP) is 5.48. The number of methoxy groups -OCH3 is 1. The second kappa shape index (κ2) is 10.2. The number of rotatable bonds is 6. The van der Waals surface area contributed by atoms with E-state index in [-0.39, 0.29) is 30.1 Å². The maximum absolute atomic E-state index is 12.0. The largest absolute Gasteiger partial charge is 0.375 e. The zero-order valence-electron chi connectivity index (χ0n) is 22.4. The molecular weight excluding hydrogens is 494 g/mol. The van der Waals surface area contributed by atoms with Crippen LogP contribution < -0.4 is 20.4 Å². The molecule has 1 fully saturated rings. The molecule has 0 unspecified atom stereocenters. The molecule has 2 aliphatic heterocycles. The zero-order valence-corrected chi connectivity index (χ0v) is 23.2. The predicted molar refractivity (Wildman–Crippen MR) is 157 cm³/mol. The number of ether oxygens (including phenoxy) is 1. The summed E-state index contributed by atoms with van der Waals surface area (Å²) in [5, 5.41) is 7.00. The van der Waals surface area contributed by atoms with Crippen molar-refractivity contribution in [1.29, 1.82) is 0 Å². The fraction of sp³-hybridized carbons (Fsp3) is 0.300. The fourth-order valence-corrected chi connectivity index (χ4v) is 5.71. The molecule has 0 aliphatic carbocycles. The number of carbonyl (C=O) groups is 1. The minimum atomic E-state index is -0.197. The number of anilines is 3. The van der Waals surface area contributed by atoms with Crippen molar-refractivity contribution in [2.75, 3.05) is 35.9 Å². The first-order chi connectivity index (χ1) is 18.2. The maximum atomic E-state index is 12.0. The van der Waals surface area contributed by atoms with Crippen molar-refractivity contribution >= 4 is 45.9 Å². The number of hydrogen-bond donors (Lipinski definition) is 2. The van der Waals surface area contributed by atoms with Crippen molar-refractivity contribution in [1.82, 2.24) is 10.3 Å². The van der Waals surface area contributed by atoms with Gasteiger partial charge < -0.3 is 25.2 Å². The third-order valence-corrected chi connectivity index (χ3v) is 7.70. The van der Waals surface area contributed by atoms with Crippen LogP contribution in [0.4, 0.5) is 17.1 Å². The summed E-state index contributed by atoms with van der Waals surface area (Å²) in [6.07, 6.45) is 4.13. The summed E-state index contributed by atoms with van der Waals surface area (Å²) in [6.45, 7) is 6.65. The van der Waals surface area contributed by atoms with Gasteiger partial charge in [-0.3, -0.25) is 9.78 Å². The molecule has 0 radical (unpaired) electrons. The molecule has 1 amide bonds. The number of likely N-dealkylation sites (N-methyl/N-ethyl adjacent to an activating group) is 1. The Morgan fingerprint density at radius 3 is 2.61 bits per heavy atom. The highest BCUT2D eigenvalue weighted by molar-refractivity contribution is 7.80. The van der Waals surface area contributed by atoms with Crippen LogP contribution >= 0.6 is 12.2 Å². The standard InChI is InChI=1S/C30H33N5O2S/c1-19-17-30(2,3)34(4)25-14-9-20(16-23(19)25)28-27(24-8-6-7-15-31-24)33-29(38)35(28)22-12-10-21(11-13-22)32-26(36)18-37-5/h6-17,27-28H,18H2,1-5H3,(H,32,36)(H,33,38)/t27-,28+/m0/s1. The monoisotopic (exact) mass is 527 g/mol. The van der Waals surface area contributed by atoms with Gasteiger partial charge in [-0.2, -0.15) is 0 Å². The molecule has 8 heteroatoms. The highest BCUT2D eigenvalue weighted by atomic mass is 32.1. The summed E-state index contributed by atoms with van der Waals surface area (Å²) < 4.78 is 4.92. The minimum absolute atomic E-state index is 0.00821. The molecule has 0 saturated carbocycles. The molecule has 1 saturated heterocycles. The molecule has 5 rings (SSSR count). The highest BCUT2D eigenvalue weighted by Crippen LogP contribution is 2.45. The van der Waals surface area contributed by atoms with E-state index in [1.807, 2.05) is 48.7 Å². The molecular formula is C30H33N5O2S. The molecule has 2 atom stereocenters. The summed E-state index contributed by atoms with van der Waals surface area (Å²) in [7, 11) is 3.64. The lowest BCUT2D eigenvalue weighted by Gasteiger charge is -2.41. The lowest BCUT2D eigenvalue weighted by atomic mass is 9.86. The van der Waals surface area contributed by atoms with E-state index in [0.717, 1.165) is 16.9 Å². The molecule has 2 aliphatic rings. The van der Waals surface area contributed by atoms with Crippen molar-refractivity contribution < 1.29 is 9.53 Å². The molecule has 38 heavy (non-hydrogen) atoms. The van der Waals surface area contributed by atoms with Crippen LogP contribution in [0.5, 0.6) is 0 Å². The van der Waals surface area contributed by atoms with Crippen molar-refractivity contribution in [3.05, 3.63) is 89.8 Å². The lowest BCUT2D eigenvalue weighted by Crippen LogP contribution is -2.42. The third-order valence-electron chi connectivity index (χ3n) is 7.39. The Bertz CT molecular complexity index is 1390. The zero-order chi connectivity index (χ0) is 27.0. The number of allylic oxidation sites excluding steroid dienone is 1. The second-order valence-electron chi connectivity index (χ2n) is 10.3. The molecule has 3 aromatic rings. The molecule has 7 nitrogen and oxygen atoms in total. The summed E-state index contributed by atoms with van der Waals surface area (Å²) in [4.78, 5) is 21.1. The SMILES string of the molecule is COCC(=O)Nc1ccc(N2C(=S)N[C@@H](c3ccccn3)[C@H]2c2ccc3c(c2)C(C)=CC(C)(C)N3C)cc1. The van der Waals surface area contributed by atoms with Crippen molar-refractivity contribution in [3.8, 4) is 0 Å². The van der Waals surface area contributed by atoms with Gasteiger partial charge in [-0.05, 0) is 92.7 Å². The topological polar surface area (TPSA) is 69.7 Å². The maximum Gasteiger partial charge on any atom is 0.250 e. The van der Waals surface area contributed by atoms with Crippen molar-refractivity contribution in [3.63, 3.8) is 0 Å². The number of carbonyl (C=O) groups excluding carboxylic acids is 1. The van der Waals surface area contributed by atoms with Gasteiger partial charge >= 0.3 is 0 Å². The van der Waals surface area contributed by atoms with E-state index >= 15 is 0 Å². The summed E-state index contributed by atoms with van der Waals surface area (Å²) in [5.74, 6) is -0.197. The normalized spacial score (nSPS) is 20.0. The van der Waals surface area contributed by atoms with Crippen LogP contribution in [-0.4, -0.2) is 42.3 Å². The number of fused-ring (bicyclic) bond motifs is 1. The number of amides is 1. The van der Waals surface area contributed by atoms with Gasteiger partial charge in [0, 0.05) is 43.0 Å². The average Bonchev–Trinajstić information content (AvgIpc) is 3.25. The van der Waals surface area contributed by atoms with E-state index in [0.29, 0.717) is 10.8 Å². The number of benzene rings is 2. The van der Waals surface area contributed by atoms with Crippen LogP contribution in [0.25, 0.3) is 5.57 Å². The summed E-state index contributed by atoms with van der Waals surface area (Å²) in [6, 6.07) is 20.1. The molecule has 2 aromatic carbocycles. The van der Waals surface area contributed by atoms with Gasteiger partial charge in [-0.1, -0.05) is 18.2 Å². The Kier molecular flexibility index (Phi) is 6.94. The first-order valence-electron chi connectivity index (χ1n) is 12.7. The number of nitrogens with zero attached hydrogens (tertiary/aromatic N) is 3. The molecule has 0 bridgehead atoms. The van der Waals surface area contributed by atoms with Crippen molar-refractivity contribution in [2.24, 2.45) is 0 Å². The number of pyridine rings is 1. The van der Waals surface area contributed by atoms with Gasteiger partial charge in [-0.25, -0.2) is 0 Å². The number of aromatic nitrogens is 1. The Morgan fingerprint density at radius 2 is 1.92 bits per heavy atom. The summed E-state index contributed by atoms with van der Waals surface area (Å²) in [5.41, 5.74) is 7.33. The minimum Gasteiger partial charge on any atom is -0.375 e. The van der Waals surface area contributed by atoms with Gasteiger partial charge in [0.2, 0.25) is 5.91 Å². The van der Waals surface area contributed by atoms with Crippen LogP contribution in [0.2, 0.25) is 0 Å². The Hall–Kier alpha value is -3.75. The molecule has 1 aromatic heterocycles. The van der Waals surface area contributed by atoms with E-state index in [9.17, 15) is 4.79 Å². The van der Waals surface area contributed by atoms with E-state index in [1.54, 1.807) is 0 Å². The van der Waals surface area contributed by atoms with Crippen LogP contribution in [0.15, 0.2) is 72.9 Å². The fourth-order valence-electron chi connectivity index (χ4n) is 5.37. The van der Waals surface area contributed by atoms with E-state index < -0.39 is 0 Å². The van der Waals surface area contributed by atoms with Gasteiger partial charge in [0.15, 0.2) is 5.11 Å². The van der Waals surface area contributed by atoms with Crippen LogP contribution in [0, 0.1) is 0 Å². The average molecular weight is 528 g/mol. The Balaban J connectivity index is 1.56. The lowest BCUT2D eigenvalue weighted by molar-refractivity contribution is -0.119.